The maximum absolute atomic E-state index is 5.47. The third kappa shape index (κ3) is 2.37. The van der Waals surface area contributed by atoms with Gasteiger partial charge in [0.25, 0.3) is 0 Å². The molecule has 1 fully saturated rings. The minimum absolute atomic E-state index is 0.452. The predicted molar refractivity (Wildman–Crippen MR) is 59.3 cm³/mol. The van der Waals surface area contributed by atoms with Gasteiger partial charge in [-0.1, -0.05) is 0 Å². The summed E-state index contributed by atoms with van der Waals surface area (Å²) in [7, 11) is 0. The molecule has 5 N–H and O–H groups in total. The molecule has 1 aromatic rings. The van der Waals surface area contributed by atoms with E-state index in [1.807, 2.05) is 6.20 Å². The first-order valence-electron chi connectivity index (χ1n) is 5.53. The van der Waals surface area contributed by atoms with E-state index in [0.717, 1.165) is 31.8 Å². The Labute approximate surface area is 89.8 Å². The molecule has 15 heavy (non-hydrogen) atoms. The first kappa shape index (κ1) is 10.6. The second kappa shape index (κ2) is 4.74. The van der Waals surface area contributed by atoms with Gasteiger partial charge >= 0.3 is 0 Å². The number of hydrogen-bond acceptors (Lipinski definition) is 4. The van der Waals surface area contributed by atoms with Crippen molar-refractivity contribution in [3.8, 4) is 0 Å². The lowest BCUT2D eigenvalue weighted by Crippen LogP contribution is -2.28. The maximum Gasteiger partial charge on any atom is 0.106 e. The van der Waals surface area contributed by atoms with E-state index in [1.165, 1.54) is 5.69 Å². The van der Waals surface area contributed by atoms with E-state index >= 15 is 0 Å². The van der Waals surface area contributed by atoms with E-state index in [9.17, 15) is 0 Å². The van der Waals surface area contributed by atoms with Crippen LogP contribution >= 0.6 is 0 Å². The molecule has 1 aliphatic heterocycles. The third-order valence-electron chi connectivity index (χ3n) is 2.92. The quantitative estimate of drug-likeness (QED) is 0.557. The lowest BCUT2D eigenvalue weighted by atomic mass is 10.0. The molecule has 0 aromatic carbocycles. The Morgan fingerprint density at radius 3 is 3.13 bits per heavy atom. The molecule has 5 heteroatoms. The van der Waals surface area contributed by atoms with E-state index in [-0.39, 0.29) is 0 Å². The van der Waals surface area contributed by atoms with Gasteiger partial charge in [-0.05, 0) is 19.9 Å². The van der Waals surface area contributed by atoms with Crippen LogP contribution in [0, 0.1) is 0 Å². The van der Waals surface area contributed by atoms with Crippen LogP contribution in [0.4, 0.5) is 0 Å². The number of rotatable bonds is 4. The molecule has 0 bridgehead atoms. The predicted octanol–water partition coefficient (Wildman–Crippen LogP) is -0.119. The van der Waals surface area contributed by atoms with Crippen LogP contribution in [0.1, 0.15) is 30.8 Å². The van der Waals surface area contributed by atoms with Crippen molar-refractivity contribution in [1.29, 1.82) is 0 Å². The summed E-state index contributed by atoms with van der Waals surface area (Å²) in [5.41, 5.74) is 13.0. The SMILES string of the molecule is CC1NNCC1c1cnc(CCCN)[nH]1. The molecular formula is C10H19N5. The number of hydrogen-bond donors (Lipinski definition) is 4. The molecule has 2 unspecified atom stereocenters. The van der Waals surface area contributed by atoms with Crippen molar-refractivity contribution in [2.24, 2.45) is 5.73 Å². The minimum Gasteiger partial charge on any atom is -0.346 e. The highest BCUT2D eigenvalue weighted by molar-refractivity contribution is 5.12. The second-order valence-corrected chi connectivity index (χ2v) is 4.10. The van der Waals surface area contributed by atoms with E-state index in [1.54, 1.807) is 0 Å². The number of aryl methyl sites for hydroxylation is 1. The van der Waals surface area contributed by atoms with Crippen LogP contribution in [0.2, 0.25) is 0 Å². The summed E-state index contributed by atoms with van der Waals surface area (Å²) in [5, 5.41) is 0. The second-order valence-electron chi connectivity index (χ2n) is 4.10. The number of nitrogens with two attached hydrogens (primary N) is 1. The zero-order chi connectivity index (χ0) is 10.7. The van der Waals surface area contributed by atoms with Gasteiger partial charge in [0.05, 0.1) is 0 Å². The van der Waals surface area contributed by atoms with Crippen LogP contribution in [-0.4, -0.2) is 29.1 Å². The molecule has 84 valence electrons. The molecule has 1 saturated heterocycles. The van der Waals surface area contributed by atoms with Crippen LogP contribution in [-0.2, 0) is 6.42 Å². The number of nitrogens with zero attached hydrogens (tertiary/aromatic N) is 1. The van der Waals surface area contributed by atoms with Gasteiger partial charge in [0, 0.05) is 36.8 Å². The summed E-state index contributed by atoms with van der Waals surface area (Å²) in [6.07, 6.45) is 3.88. The Kier molecular flexibility index (Phi) is 3.35. The van der Waals surface area contributed by atoms with Crippen molar-refractivity contribution in [3.63, 3.8) is 0 Å². The zero-order valence-electron chi connectivity index (χ0n) is 9.09. The van der Waals surface area contributed by atoms with Crippen molar-refractivity contribution in [2.45, 2.75) is 31.7 Å². The van der Waals surface area contributed by atoms with Gasteiger partial charge < -0.3 is 10.7 Å². The molecule has 1 aromatic heterocycles. The van der Waals surface area contributed by atoms with Crippen molar-refractivity contribution in [2.75, 3.05) is 13.1 Å². The standard InChI is InChI=1S/C10H19N5/c1-7-8(5-13-15-7)9-6-12-10(14-9)3-2-4-11/h6-8,13,15H,2-5,11H2,1H3,(H,12,14). The smallest absolute Gasteiger partial charge is 0.106 e. The van der Waals surface area contributed by atoms with Crippen LogP contribution in [0.25, 0.3) is 0 Å². The fourth-order valence-electron chi connectivity index (χ4n) is 1.95. The molecule has 0 spiro atoms. The normalized spacial score (nSPS) is 26.0. The highest BCUT2D eigenvalue weighted by atomic mass is 15.4. The average molecular weight is 209 g/mol. The fourth-order valence-corrected chi connectivity index (χ4v) is 1.95. The summed E-state index contributed by atoms with van der Waals surface area (Å²) in [6.45, 7) is 3.85. The van der Waals surface area contributed by atoms with Crippen LogP contribution in [0.3, 0.4) is 0 Å². The first-order chi connectivity index (χ1) is 7.31. The Morgan fingerprint density at radius 2 is 2.47 bits per heavy atom. The third-order valence-corrected chi connectivity index (χ3v) is 2.92. The van der Waals surface area contributed by atoms with Gasteiger partial charge in [-0.2, -0.15) is 0 Å². The zero-order valence-corrected chi connectivity index (χ0v) is 9.09. The summed E-state index contributed by atoms with van der Waals surface area (Å²) in [6, 6.07) is 0.452. The Bertz CT molecular complexity index is 309. The summed E-state index contributed by atoms with van der Waals surface area (Å²) in [5.74, 6) is 1.54. The largest absolute Gasteiger partial charge is 0.346 e. The number of H-pyrrole nitrogens is 1. The number of aromatic nitrogens is 2. The van der Waals surface area contributed by atoms with Crippen molar-refractivity contribution in [3.05, 3.63) is 17.7 Å². The molecule has 2 atom stereocenters. The van der Waals surface area contributed by atoms with Crippen LogP contribution in [0.15, 0.2) is 6.20 Å². The van der Waals surface area contributed by atoms with Gasteiger partial charge in [0.15, 0.2) is 0 Å². The Morgan fingerprint density at radius 1 is 1.60 bits per heavy atom. The topological polar surface area (TPSA) is 78.8 Å². The van der Waals surface area contributed by atoms with Crippen molar-refractivity contribution < 1.29 is 0 Å². The van der Waals surface area contributed by atoms with Gasteiger partial charge in [-0.3, -0.25) is 10.9 Å². The monoisotopic (exact) mass is 209 g/mol. The summed E-state index contributed by atoms with van der Waals surface area (Å²) >= 11 is 0. The number of hydrazine groups is 1. The lowest BCUT2D eigenvalue weighted by molar-refractivity contribution is 0.565. The first-order valence-corrected chi connectivity index (χ1v) is 5.53. The summed E-state index contributed by atoms with van der Waals surface area (Å²) < 4.78 is 0. The van der Waals surface area contributed by atoms with E-state index < -0.39 is 0 Å². The highest BCUT2D eigenvalue weighted by Gasteiger charge is 2.25. The molecule has 1 aliphatic rings. The molecule has 2 rings (SSSR count). The van der Waals surface area contributed by atoms with E-state index in [0.29, 0.717) is 12.0 Å². The Hall–Kier alpha value is -0.910. The summed E-state index contributed by atoms with van der Waals surface area (Å²) in [4.78, 5) is 7.74. The van der Waals surface area contributed by atoms with Crippen molar-refractivity contribution in [1.82, 2.24) is 20.8 Å². The highest BCUT2D eigenvalue weighted by Crippen LogP contribution is 2.20. The van der Waals surface area contributed by atoms with E-state index in [2.05, 4.69) is 27.7 Å². The van der Waals surface area contributed by atoms with E-state index in [4.69, 9.17) is 5.73 Å². The molecule has 0 saturated carbocycles. The molecule has 5 nitrogen and oxygen atoms in total. The van der Waals surface area contributed by atoms with Gasteiger partial charge in [0.2, 0.25) is 0 Å². The fraction of sp³-hybridized carbons (Fsp3) is 0.700. The van der Waals surface area contributed by atoms with Crippen LogP contribution in [0.5, 0.6) is 0 Å². The average Bonchev–Trinajstić information content (AvgIpc) is 2.83. The minimum atomic E-state index is 0.452. The maximum atomic E-state index is 5.47. The molecule has 2 heterocycles. The number of imidazole rings is 1. The lowest BCUT2D eigenvalue weighted by Gasteiger charge is -2.10. The van der Waals surface area contributed by atoms with Gasteiger partial charge in [-0.25, -0.2) is 4.98 Å². The van der Waals surface area contributed by atoms with Gasteiger partial charge in [0.1, 0.15) is 5.82 Å². The number of nitrogens with one attached hydrogen (secondary N) is 3. The molecule has 0 radical (unpaired) electrons. The molecule has 0 amide bonds. The Balaban J connectivity index is 1.99. The number of aromatic amines is 1. The van der Waals surface area contributed by atoms with Crippen molar-refractivity contribution >= 4 is 0 Å². The molecular weight excluding hydrogens is 190 g/mol. The molecule has 0 aliphatic carbocycles. The van der Waals surface area contributed by atoms with Crippen LogP contribution < -0.4 is 16.6 Å². The van der Waals surface area contributed by atoms with Gasteiger partial charge in [-0.15, -0.1) is 0 Å².